The largest absolute Gasteiger partial charge is 0.398 e. The van der Waals surface area contributed by atoms with E-state index in [1.807, 2.05) is 0 Å². The van der Waals surface area contributed by atoms with Crippen LogP contribution in [0.3, 0.4) is 0 Å². The molecule has 120 valence electrons. The summed E-state index contributed by atoms with van der Waals surface area (Å²) >= 11 is 6.38. The second-order valence-electron chi connectivity index (χ2n) is 4.22. The van der Waals surface area contributed by atoms with Gasteiger partial charge in [0.15, 0.2) is 0 Å². The molecule has 0 aliphatic carbocycles. The molecule has 0 amide bonds. The summed E-state index contributed by atoms with van der Waals surface area (Å²) in [6.45, 7) is 0.241. The van der Waals surface area contributed by atoms with E-state index in [-0.39, 0.29) is 23.7 Å². The first-order valence-corrected chi connectivity index (χ1v) is 10.7. The minimum atomic E-state index is -3.77. The van der Waals surface area contributed by atoms with Gasteiger partial charge < -0.3 is 5.73 Å². The maximum atomic E-state index is 12.2. The van der Waals surface area contributed by atoms with Crippen LogP contribution >= 0.6 is 31.9 Å². The van der Waals surface area contributed by atoms with E-state index in [1.165, 1.54) is 6.07 Å². The molecule has 0 spiro atoms. The molecule has 0 saturated heterocycles. The number of nitrogen functional groups attached to an aromatic ring is 1. The molecule has 0 aromatic heterocycles. The number of anilines is 1. The minimum Gasteiger partial charge on any atom is -0.398 e. The predicted molar refractivity (Wildman–Crippen MR) is 88.9 cm³/mol. The van der Waals surface area contributed by atoms with Crippen molar-refractivity contribution in [2.24, 2.45) is 0 Å². The van der Waals surface area contributed by atoms with Gasteiger partial charge in [0.2, 0.25) is 20.0 Å². The van der Waals surface area contributed by atoms with Crippen molar-refractivity contribution in [3.63, 3.8) is 0 Å². The van der Waals surface area contributed by atoms with Gasteiger partial charge in [-0.2, -0.15) is 0 Å². The van der Waals surface area contributed by atoms with E-state index in [2.05, 4.69) is 41.3 Å². The molecule has 0 heterocycles. The Hall–Kier alpha value is -0.200. The van der Waals surface area contributed by atoms with Crippen LogP contribution in [0.4, 0.5) is 5.69 Å². The van der Waals surface area contributed by atoms with Gasteiger partial charge in [-0.05, 0) is 34.5 Å². The van der Waals surface area contributed by atoms with Crippen molar-refractivity contribution in [3.05, 3.63) is 21.1 Å². The van der Waals surface area contributed by atoms with Gasteiger partial charge >= 0.3 is 0 Å². The Kier molecular flexibility index (Phi) is 6.62. The van der Waals surface area contributed by atoms with Crippen LogP contribution < -0.4 is 15.2 Å². The fourth-order valence-electron chi connectivity index (χ4n) is 1.49. The van der Waals surface area contributed by atoms with Gasteiger partial charge in [-0.25, -0.2) is 26.3 Å². The van der Waals surface area contributed by atoms with Gasteiger partial charge in [0.05, 0.1) is 11.9 Å². The van der Waals surface area contributed by atoms with E-state index in [9.17, 15) is 16.8 Å². The SMILES string of the molecule is CS(=O)(=O)NCCCNS(=O)(=O)c1c(N)cc(Br)cc1Br. The Morgan fingerprint density at radius 2 is 1.67 bits per heavy atom. The molecule has 0 saturated carbocycles. The van der Waals surface area contributed by atoms with Crippen molar-refractivity contribution < 1.29 is 16.8 Å². The van der Waals surface area contributed by atoms with Gasteiger partial charge in [0.25, 0.3) is 0 Å². The number of hydrogen-bond acceptors (Lipinski definition) is 5. The van der Waals surface area contributed by atoms with Crippen LogP contribution in [0, 0.1) is 0 Å². The van der Waals surface area contributed by atoms with Gasteiger partial charge in [0.1, 0.15) is 4.90 Å². The smallest absolute Gasteiger partial charge is 0.243 e. The van der Waals surface area contributed by atoms with Crippen LogP contribution in [0.25, 0.3) is 0 Å². The lowest BCUT2D eigenvalue weighted by Gasteiger charge is -2.11. The summed E-state index contributed by atoms with van der Waals surface area (Å²) in [5.74, 6) is 0. The summed E-state index contributed by atoms with van der Waals surface area (Å²) in [4.78, 5) is -0.0400. The van der Waals surface area contributed by atoms with Crippen molar-refractivity contribution in [1.82, 2.24) is 9.44 Å². The van der Waals surface area contributed by atoms with Crippen LogP contribution in [0.1, 0.15) is 6.42 Å². The molecule has 0 atom stereocenters. The molecule has 21 heavy (non-hydrogen) atoms. The number of hydrogen-bond donors (Lipinski definition) is 3. The average Bonchev–Trinajstić information content (AvgIpc) is 2.24. The number of nitrogens with two attached hydrogens (primary N) is 1. The molecular weight excluding hydrogens is 450 g/mol. The Balaban J connectivity index is 2.71. The fourth-order valence-corrected chi connectivity index (χ4v) is 5.14. The monoisotopic (exact) mass is 463 g/mol. The molecule has 0 bridgehead atoms. The molecule has 0 aliphatic rings. The van der Waals surface area contributed by atoms with Crippen LogP contribution in [0.5, 0.6) is 0 Å². The molecule has 0 unspecified atom stereocenters. The normalized spacial score (nSPS) is 12.5. The van der Waals surface area contributed by atoms with E-state index in [0.717, 1.165) is 6.26 Å². The molecule has 11 heteroatoms. The minimum absolute atomic E-state index is 0.0400. The van der Waals surface area contributed by atoms with Crippen molar-refractivity contribution in [1.29, 1.82) is 0 Å². The lowest BCUT2D eigenvalue weighted by Crippen LogP contribution is -2.30. The lowest BCUT2D eigenvalue weighted by atomic mass is 10.3. The zero-order valence-corrected chi connectivity index (χ0v) is 15.9. The highest BCUT2D eigenvalue weighted by atomic mass is 79.9. The first kappa shape index (κ1) is 18.8. The molecule has 0 fully saturated rings. The molecule has 1 aromatic rings. The number of rotatable bonds is 7. The van der Waals surface area contributed by atoms with Crippen LogP contribution in [0.15, 0.2) is 26.0 Å². The maximum Gasteiger partial charge on any atom is 0.243 e. The highest BCUT2D eigenvalue weighted by Gasteiger charge is 2.21. The summed E-state index contributed by atoms with van der Waals surface area (Å²) in [7, 11) is -7.04. The Bertz CT molecular complexity index is 697. The van der Waals surface area contributed by atoms with Gasteiger partial charge in [-0.15, -0.1) is 0 Å². The fraction of sp³-hybridized carbons (Fsp3) is 0.400. The second-order valence-corrected chi connectivity index (χ2v) is 9.53. The van der Waals surface area contributed by atoms with Gasteiger partial charge in [-0.1, -0.05) is 15.9 Å². The summed E-state index contributed by atoms with van der Waals surface area (Å²) in [6, 6.07) is 3.07. The van der Waals surface area contributed by atoms with Crippen molar-refractivity contribution in [2.45, 2.75) is 11.3 Å². The van der Waals surface area contributed by atoms with Crippen molar-refractivity contribution >= 4 is 57.6 Å². The Morgan fingerprint density at radius 1 is 1.10 bits per heavy atom. The Labute approximate surface area is 141 Å². The predicted octanol–water partition coefficient (Wildman–Crippen LogP) is 1.01. The Morgan fingerprint density at radius 3 is 2.19 bits per heavy atom. The van der Waals surface area contributed by atoms with Crippen molar-refractivity contribution in [3.8, 4) is 0 Å². The highest BCUT2D eigenvalue weighted by molar-refractivity contribution is 9.11. The molecule has 4 N–H and O–H groups in total. The van der Waals surface area contributed by atoms with Crippen LogP contribution in [-0.2, 0) is 20.0 Å². The third-order valence-corrected chi connectivity index (χ3v) is 5.97. The molecule has 0 aliphatic heterocycles. The van der Waals surface area contributed by atoms with E-state index in [0.29, 0.717) is 15.4 Å². The molecular formula is C10H15Br2N3O4S2. The quantitative estimate of drug-likeness (QED) is 0.411. The lowest BCUT2D eigenvalue weighted by molar-refractivity contribution is 0.575. The summed E-state index contributed by atoms with van der Waals surface area (Å²) in [5.41, 5.74) is 5.83. The highest BCUT2D eigenvalue weighted by Crippen LogP contribution is 2.31. The molecule has 7 nitrogen and oxygen atoms in total. The maximum absolute atomic E-state index is 12.2. The first-order chi connectivity index (χ1) is 9.53. The standard InChI is InChI=1S/C10H15Br2N3O4S2/c1-20(16,17)14-3-2-4-15-21(18,19)10-8(12)5-7(11)6-9(10)13/h5-6,14-15H,2-4,13H2,1H3. The average molecular weight is 465 g/mol. The van der Waals surface area contributed by atoms with E-state index >= 15 is 0 Å². The van der Waals surface area contributed by atoms with Gasteiger partial charge in [0, 0.05) is 22.0 Å². The number of halogens is 2. The third-order valence-electron chi connectivity index (χ3n) is 2.32. The first-order valence-electron chi connectivity index (χ1n) is 5.72. The van der Waals surface area contributed by atoms with E-state index in [1.54, 1.807) is 6.07 Å². The van der Waals surface area contributed by atoms with E-state index < -0.39 is 20.0 Å². The number of sulfonamides is 2. The number of benzene rings is 1. The second kappa shape index (κ2) is 7.38. The van der Waals surface area contributed by atoms with Crippen LogP contribution in [-0.4, -0.2) is 36.2 Å². The third kappa shape index (κ3) is 6.20. The van der Waals surface area contributed by atoms with Crippen molar-refractivity contribution in [2.75, 3.05) is 25.1 Å². The van der Waals surface area contributed by atoms with E-state index in [4.69, 9.17) is 5.73 Å². The molecule has 1 rings (SSSR count). The summed E-state index contributed by atoms with van der Waals surface area (Å²) < 4.78 is 51.7. The zero-order chi connectivity index (χ0) is 16.3. The molecule has 0 radical (unpaired) electrons. The number of nitrogens with one attached hydrogen (secondary N) is 2. The zero-order valence-electron chi connectivity index (χ0n) is 11.1. The topological polar surface area (TPSA) is 118 Å². The van der Waals surface area contributed by atoms with Crippen LogP contribution in [0.2, 0.25) is 0 Å². The van der Waals surface area contributed by atoms with Gasteiger partial charge in [-0.3, -0.25) is 0 Å². The molecule has 1 aromatic carbocycles. The summed E-state index contributed by atoms with van der Waals surface area (Å²) in [5, 5.41) is 0. The summed E-state index contributed by atoms with van der Waals surface area (Å²) in [6.07, 6.45) is 1.36.